The van der Waals surface area contributed by atoms with E-state index in [0.717, 1.165) is 0 Å². The molecule has 0 aliphatic carbocycles. The van der Waals surface area contributed by atoms with Gasteiger partial charge in [-0.1, -0.05) is 0 Å². The number of rotatable bonds is 2. The van der Waals surface area contributed by atoms with E-state index in [2.05, 4.69) is 25.9 Å². The third kappa shape index (κ3) is 3.09. The average Bonchev–Trinajstić information content (AvgIpc) is 2.55. The molecular weight excluding hydrogens is 351 g/mol. The fourth-order valence-corrected chi connectivity index (χ4v) is 2.92. The Balaban J connectivity index is 1.67. The first kappa shape index (κ1) is 14.9. The van der Waals surface area contributed by atoms with Gasteiger partial charge in [0.05, 0.1) is 5.56 Å². The predicted molar refractivity (Wildman–Crippen MR) is 84.2 cm³/mol. The number of piperazine rings is 1. The molecule has 0 radical (unpaired) electrons. The van der Waals surface area contributed by atoms with Crippen LogP contribution in [0.15, 0.2) is 41.1 Å². The molecule has 1 aromatic heterocycles. The molecule has 0 atom stereocenters. The van der Waals surface area contributed by atoms with Gasteiger partial charge in [-0.05, 0) is 40.2 Å². The Morgan fingerprint density at radius 2 is 1.82 bits per heavy atom. The highest BCUT2D eigenvalue weighted by molar-refractivity contribution is 9.10. The molecule has 0 N–H and O–H groups in total. The largest absolute Gasteiger partial charge is 0.337 e. The lowest BCUT2D eigenvalue weighted by Crippen LogP contribution is -2.49. The van der Waals surface area contributed by atoms with Crippen LogP contribution in [-0.4, -0.2) is 47.0 Å². The van der Waals surface area contributed by atoms with Crippen molar-refractivity contribution in [1.29, 1.82) is 0 Å². The number of carbonyl (C=O) groups is 1. The second-order valence-electron chi connectivity index (χ2n) is 4.95. The number of carbonyl (C=O) groups excluding carboxylic acids is 1. The molecule has 1 fully saturated rings. The molecule has 1 saturated heterocycles. The fraction of sp³-hybridized carbons (Fsp3) is 0.267. The molecule has 1 aliphatic heterocycles. The van der Waals surface area contributed by atoms with Crippen LogP contribution in [0.3, 0.4) is 0 Å². The second kappa shape index (κ2) is 6.39. The van der Waals surface area contributed by atoms with E-state index in [1.165, 1.54) is 18.2 Å². The molecule has 2 heterocycles. The van der Waals surface area contributed by atoms with Crippen LogP contribution in [0.25, 0.3) is 0 Å². The predicted octanol–water partition coefficient (Wildman–Crippen LogP) is 2.34. The van der Waals surface area contributed by atoms with Crippen molar-refractivity contribution < 1.29 is 9.18 Å². The first-order valence-electron chi connectivity index (χ1n) is 6.91. The van der Waals surface area contributed by atoms with Crippen LogP contribution in [0.5, 0.6) is 0 Å². The lowest BCUT2D eigenvalue weighted by atomic mass is 10.2. The maximum atomic E-state index is 13.1. The van der Waals surface area contributed by atoms with E-state index < -0.39 is 0 Å². The minimum atomic E-state index is -0.366. The summed E-state index contributed by atoms with van der Waals surface area (Å²) in [6.07, 6.45) is 3.41. The van der Waals surface area contributed by atoms with Crippen LogP contribution in [0, 0.1) is 5.82 Å². The van der Waals surface area contributed by atoms with Crippen molar-refractivity contribution >= 4 is 27.8 Å². The van der Waals surface area contributed by atoms with Crippen LogP contribution in [0.1, 0.15) is 10.4 Å². The van der Waals surface area contributed by atoms with Gasteiger partial charge in [0.15, 0.2) is 0 Å². The van der Waals surface area contributed by atoms with Gasteiger partial charge >= 0.3 is 0 Å². The smallest absolute Gasteiger partial charge is 0.255 e. The summed E-state index contributed by atoms with van der Waals surface area (Å²) in [7, 11) is 0. The standard InChI is InChI=1S/C15H14BrFN4O/c16-13-10-11(17)2-3-12(13)14(22)20-6-8-21(9-7-20)15-18-4-1-5-19-15/h1-5,10H,6-9H2. The fourth-order valence-electron chi connectivity index (χ4n) is 2.40. The van der Waals surface area contributed by atoms with E-state index in [4.69, 9.17) is 0 Å². The Kier molecular flexibility index (Phi) is 4.33. The molecule has 1 aliphatic rings. The summed E-state index contributed by atoms with van der Waals surface area (Å²) in [5.74, 6) is 0.215. The molecule has 114 valence electrons. The van der Waals surface area contributed by atoms with Crippen molar-refractivity contribution in [2.45, 2.75) is 0 Å². The molecule has 0 spiro atoms. The van der Waals surface area contributed by atoms with Crippen LogP contribution >= 0.6 is 15.9 Å². The van der Waals surface area contributed by atoms with Gasteiger partial charge in [-0.2, -0.15) is 0 Å². The lowest BCUT2D eigenvalue weighted by molar-refractivity contribution is 0.0745. The van der Waals surface area contributed by atoms with Crippen molar-refractivity contribution in [3.8, 4) is 0 Å². The first-order valence-corrected chi connectivity index (χ1v) is 7.71. The van der Waals surface area contributed by atoms with E-state index >= 15 is 0 Å². The van der Waals surface area contributed by atoms with Gasteiger partial charge in [0.25, 0.3) is 5.91 Å². The third-order valence-electron chi connectivity index (χ3n) is 3.56. The van der Waals surface area contributed by atoms with Crippen molar-refractivity contribution in [2.24, 2.45) is 0 Å². The first-order chi connectivity index (χ1) is 10.6. The number of halogens is 2. The Labute approximate surface area is 135 Å². The SMILES string of the molecule is O=C(c1ccc(F)cc1Br)N1CCN(c2ncccn2)CC1. The average molecular weight is 365 g/mol. The zero-order valence-electron chi connectivity index (χ0n) is 11.7. The molecule has 0 unspecified atom stereocenters. The molecule has 3 rings (SSSR count). The van der Waals surface area contributed by atoms with Crippen LogP contribution < -0.4 is 4.90 Å². The van der Waals surface area contributed by atoms with Crippen molar-refractivity contribution in [1.82, 2.24) is 14.9 Å². The summed E-state index contributed by atoms with van der Waals surface area (Å²) < 4.78 is 13.6. The quantitative estimate of drug-likeness (QED) is 0.820. The molecule has 0 bridgehead atoms. The number of aromatic nitrogens is 2. The summed E-state index contributed by atoms with van der Waals surface area (Å²) in [5.41, 5.74) is 0.478. The summed E-state index contributed by atoms with van der Waals surface area (Å²) in [4.78, 5) is 24.7. The summed E-state index contributed by atoms with van der Waals surface area (Å²) in [6, 6.07) is 5.89. The van der Waals surface area contributed by atoms with E-state index in [-0.39, 0.29) is 11.7 Å². The van der Waals surface area contributed by atoms with Gasteiger partial charge in [-0.25, -0.2) is 14.4 Å². The number of nitrogens with zero attached hydrogens (tertiary/aromatic N) is 4. The zero-order valence-corrected chi connectivity index (χ0v) is 13.3. The van der Waals surface area contributed by atoms with Crippen LogP contribution in [-0.2, 0) is 0 Å². The maximum absolute atomic E-state index is 13.1. The number of benzene rings is 1. The van der Waals surface area contributed by atoms with Gasteiger partial charge in [-0.3, -0.25) is 4.79 Å². The minimum absolute atomic E-state index is 0.0968. The summed E-state index contributed by atoms with van der Waals surface area (Å²) in [6.45, 7) is 2.52. The number of anilines is 1. The molecular formula is C15H14BrFN4O. The van der Waals surface area contributed by atoms with Crippen LogP contribution in [0.4, 0.5) is 10.3 Å². The molecule has 5 nitrogen and oxygen atoms in total. The van der Waals surface area contributed by atoms with E-state index in [9.17, 15) is 9.18 Å². The minimum Gasteiger partial charge on any atom is -0.337 e. The maximum Gasteiger partial charge on any atom is 0.255 e. The van der Waals surface area contributed by atoms with Crippen molar-refractivity contribution in [3.05, 3.63) is 52.5 Å². The van der Waals surface area contributed by atoms with Crippen molar-refractivity contribution in [2.75, 3.05) is 31.1 Å². The Hall–Kier alpha value is -2.02. The molecule has 2 aromatic rings. The van der Waals surface area contributed by atoms with Crippen molar-refractivity contribution in [3.63, 3.8) is 0 Å². The lowest BCUT2D eigenvalue weighted by Gasteiger charge is -2.34. The Morgan fingerprint density at radius 1 is 1.14 bits per heavy atom. The van der Waals surface area contributed by atoms with E-state index in [1.807, 2.05) is 4.90 Å². The summed E-state index contributed by atoms with van der Waals surface area (Å²) >= 11 is 3.24. The van der Waals surface area contributed by atoms with Crippen LogP contribution in [0.2, 0.25) is 0 Å². The van der Waals surface area contributed by atoms with Gasteiger partial charge in [0.1, 0.15) is 5.82 Å². The van der Waals surface area contributed by atoms with Gasteiger partial charge in [-0.15, -0.1) is 0 Å². The number of amides is 1. The van der Waals surface area contributed by atoms with Gasteiger partial charge < -0.3 is 9.80 Å². The molecule has 7 heteroatoms. The molecule has 1 aromatic carbocycles. The Bertz CT molecular complexity index is 674. The highest BCUT2D eigenvalue weighted by atomic mass is 79.9. The Morgan fingerprint density at radius 3 is 2.45 bits per heavy atom. The van der Waals surface area contributed by atoms with E-state index in [0.29, 0.717) is 42.2 Å². The highest BCUT2D eigenvalue weighted by Crippen LogP contribution is 2.21. The monoisotopic (exact) mass is 364 g/mol. The normalized spacial score (nSPS) is 15.0. The van der Waals surface area contributed by atoms with Gasteiger partial charge in [0, 0.05) is 43.0 Å². The zero-order chi connectivity index (χ0) is 15.5. The second-order valence-corrected chi connectivity index (χ2v) is 5.81. The van der Waals surface area contributed by atoms with Gasteiger partial charge in [0.2, 0.25) is 5.95 Å². The molecule has 1 amide bonds. The molecule has 0 saturated carbocycles. The number of hydrogen-bond acceptors (Lipinski definition) is 4. The summed E-state index contributed by atoms with van der Waals surface area (Å²) in [5, 5.41) is 0. The highest BCUT2D eigenvalue weighted by Gasteiger charge is 2.24. The molecule has 22 heavy (non-hydrogen) atoms. The number of hydrogen-bond donors (Lipinski definition) is 0. The topological polar surface area (TPSA) is 49.3 Å². The van der Waals surface area contributed by atoms with E-state index in [1.54, 1.807) is 23.4 Å². The third-order valence-corrected chi connectivity index (χ3v) is 4.22.